The van der Waals surface area contributed by atoms with Crippen LogP contribution in [0.15, 0.2) is 58.8 Å². The normalized spacial score (nSPS) is 11.3. The first kappa shape index (κ1) is 12.3. The van der Waals surface area contributed by atoms with Crippen molar-refractivity contribution in [3.63, 3.8) is 0 Å². The third-order valence-electron chi connectivity index (χ3n) is 3.78. The van der Waals surface area contributed by atoms with Crippen LogP contribution in [-0.4, -0.2) is 9.55 Å². The summed E-state index contributed by atoms with van der Waals surface area (Å²) in [6.07, 6.45) is 0. The van der Waals surface area contributed by atoms with Crippen molar-refractivity contribution in [3.8, 4) is 11.3 Å². The van der Waals surface area contributed by atoms with Gasteiger partial charge in [-0.05, 0) is 35.2 Å². The molecule has 4 heteroatoms. The fraction of sp³-hybridized carbons (Fsp3) is 0.0588. The van der Waals surface area contributed by atoms with Crippen molar-refractivity contribution < 1.29 is 0 Å². The van der Waals surface area contributed by atoms with Crippen LogP contribution in [0.3, 0.4) is 0 Å². The standard InChI is InChI=1S/C17H12N2OS/c1-19-15(8-11-4-2-3-5-13(11)17(19)20)12-6-7-14-16(9-12)21-10-18-14/h2-10H,1H3. The van der Waals surface area contributed by atoms with Crippen molar-refractivity contribution in [3.05, 3.63) is 64.4 Å². The van der Waals surface area contributed by atoms with E-state index in [-0.39, 0.29) is 5.56 Å². The van der Waals surface area contributed by atoms with E-state index in [2.05, 4.69) is 17.1 Å². The summed E-state index contributed by atoms with van der Waals surface area (Å²) in [6.45, 7) is 0. The largest absolute Gasteiger partial charge is 0.311 e. The molecule has 0 N–H and O–H groups in total. The molecule has 2 aromatic heterocycles. The van der Waals surface area contributed by atoms with Crippen molar-refractivity contribution in [1.82, 2.24) is 9.55 Å². The predicted molar refractivity (Wildman–Crippen MR) is 87.8 cm³/mol. The molecular formula is C17H12N2OS. The molecule has 0 aliphatic heterocycles. The van der Waals surface area contributed by atoms with E-state index in [1.807, 2.05) is 49.0 Å². The number of fused-ring (bicyclic) bond motifs is 2. The van der Waals surface area contributed by atoms with Crippen LogP contribution in [-0.2, 0) is 7.05 Å². The first-order valence-corrected chi connectivity index (χ1v) is 7.54. The third kappa shape index (κ3) is 1.87. The number of pyridine rings is 1. The van der Waals surface area contributed by atoms with Crippen LogP contribution in [0.25, 0.3) is 32.2 Å². The number of rotatable bonds is 1. The van der Waals surface area contributed by atoms with Gasteiger partial charge in [0.05, 0.1) is 21.4 Å². The Morgan fingerprint density at radius 2 is 1.95 bits per heavy atom. The highest BCUT2D eigenvalue weighted by Gasteiger charge is 2.09. The van der Waals surface area contributed by atoms with Gasteiger partial charge < -0.3 is 4.57 Å². The molecule has 102 valence electrons. The van der Waals surface area contributed by atoms with E-state index in [4.69, 9.17) is 0 Å². The lowest BCUT2D eigenvalue weighted by molar-refractivity contribution is 0.883. The molecule has 0 unspecified atom stereocenters. The highest BCUT2D eigenvalue weighted by Crippen LogP contribution is 2.27. The Bertz CT molecular complexity index is 1030. The van der Waals surface area contributed by atoms with Gasteiger partial charge in [-0.15, -0.1) is 11.3 Å². The van der Waals surface area contributed by atoms with E-state index < -0.39 is 0 Å². The molecule has 3 nitrogen and oxygen atoms in total. The maximum absolute atomic E-state index is 12.5. The van der Waals surface area contributed by atoms with Crippen molar-refractivity contribution in [2.75, 3.05) is 0 Å². The number of benzene rings is 2. The lowest BCUT2D eigenvalue weighted by Crippen LogP contribution is -2.18. The molecule has 0 saturated heterocycles. The van der Waals surface area contributed by atoms with E-state index in [0.717, 1.165) is 32.2 Å². The first-order chi connectivity index (χ1) is 10.2. The molecule has 0 amide bonds. The summed E-state index contributed by atoms with van der Waals surface area (Å²) in [4.78, 5) is 16.8. The van der Waals surface area contributed by atoms with Gasteiger partial charge in [0.25, 0.3) is 5.56 Å². The van der Waals surface area contributed by atoms with Crippen molar-refractivity contribution >= 4 is 32.3 Å². The smallest absolute Gasteiger partial charge is 0.258 e. The second kappa shape index (κ2) is 4.53. The zero-order valence-corrected chi connectivity index (χ0v) is 12.2. The molecule has 0 spiro atoms. The number of aromatic nitrogens is 2. The van der Waals surface area contributed by atoms with Crippen molar-refractivity contribution in [2.24, 2.45) is 7.05 Å². The Labute approximate surface area is 125 Å². The van der Waals surface area contributed by atoms with Crippen LogP contribution >= 0.6 is 11.3 Å². The summed E-state index contributed by atoms with van der Waals surface area (Å²) in [7, 11) is 1.82. The van der Waals surface area contributed by atoms with Gasteiger partial charge in [-0.3, -0.25) is 4.79 Å². The molecular weight excluding hydrogens is 280 g/mol. The minimum atomic E-state index is 0.0347. The SMILES string of the molecule is Cn1c(-c2ccc3ncsc3c2)cc2ccccc2c1=O. The topological polar surface area (TPSA) is 34.9 Å². The van der Waals surface area contributed by atoms with Crippen LogP contribution in [0.1, 0.15) is 0 Å². The summed E-state index contributed by atoms with van der Waals surface area (Å²) in [5.74, 6) is 0. The summed E-state index contributed by atoms with van der Waals surface area (Å²) >= 11 is 1.61. The molecule has 4 aromatic rings. The Balaban J connectivity index is 2.05. The van der Waals surface area contributed by atoms with Gasteiger partial charge >= 0.3 is 0 Å². The van der Waals surface area contributed by atoms with Crippen LogP contribution in [0.5, 0.6) is 0 Å². The van der Waals surface area contributed by atoms with Crippen molar-refractivity contribution in [1.29, 1.82) is 0 Å². The molecule has 0 fully saturated rings. The number of hydrogen-bond acceptors (Lipinski definition) is 3. The average molecular weight is 292 g/mol. The Morgan fingerprint density at radius 1 is 1.10 bits per heavy atom. The number of thiazole rings is 1. The van der Waals surface area contributed by atoms with E-state index in [1.54, 1.807) is 15.9 Å². The maximum atomic E-state index is 12.5. The third-order valence-corrected chi connectivity index (χ3v) is 4.57. The molecule has 21 heavy (non-hydrogen) atoms. The second-order valence-electron chi connectivity index (χ2n) is 5.02. The highest BCUT2D eigenvalue weighted by atomic mass is 32.1. The molecule has 0 atom stereocenters. The molecule has 0 saturated carbocycles. The van der Waals surface area contributed by atoms with E-state index >= 15 is 0 Å². The van der Waals surface area contributed by atoms with E-state index in [0.29, 0.717) is 0 Å². The zero-order valence-electron chi connectivity index (χ0n) is 11.4. The van der Waals surface area contributed by atoms with Crippen LogP contribution < -0.4 is 5.56 Å². The maximum Gasteiger partial charge on any atom is 0.258 e. The van der Waals surface area contributed by atoms with Crippen molar-refractivity contribution in [2.45, 2.75) is 0 Å². The molecule has 2 heterocycles. The van der Waals surface area contributed by atoms with Crippen LogP contribution in [0.4, 0.5) is 0 Å². The molecule has 2 aromatic carbocycles. The van der Waals surface area contributed by atoms with Gasteiger partial charge in [0, 0.05) is 12.4 Å². The molecule has 0 radical (unpaired) electrons. The van der Waals surface area contributed by atoms with Gasteiger partial charge in [-0.25, -0.2) is 4.98 Å². The Kier molecular flexibility index (Phi) is 2.65. The summed E-state index contributed by atoms with van der Waals surface area (Å²) in [5.41, 5.74) is 4.83. The highest BCUT2D eigenvalue weighted by molar-refractivity contribution is 7.16. The lowest BCUT2D eigenvalue weighted by atomic mass is 10.1. The van der Waals surface area contributed by atoms with Gasteiger partial charge in [0.2, 0.25) is 0 Å². The fourth-order valence-electron chi connectivity index (χ4n) is 2.64. The quantitative estimate of drug-likeness (QED) is 0.534. The van der Waals surface area contributed by atoms with Crippen LogP contribution in [0.2, 0.25) is 0 Å². The summed E-state index contributed by atoms with van der Waals surface area (Å²) < 4.78 is 2.85. The summed E-state index contributed by atoms with van der Waals surface area (Å²) in [6, 6.07) is 15.9. The van der Waals surface area contributed by atoms with Gasteiger partial charge in [-0.2, -0.15) is 0 Å². The minimum absolute atomic E-state index is 0.0347. The van der Waals surface area contributed by atoms with E-state index in [1.165, 1.54) is 0 Å². The predicted octanol–water partition coefficient (Wildman–Crippen LogP) is 3.82. The summed E-state index contributed by atoms with van der Waals surface area (Å²) in [5, 5.41) is 1.72. The van der Waals surface area contributed by atoms with E-state index in [9.17, 15) is 4.79 Å². The Morgan fingerprint density at radius 3 is 2.86 bits per heavy atom. The Hall–Kier alpha value is -2.46. The molecule has 4 rings (SSSR count). The molecule has 0 aliphatic carbocycles. The number of hydrogen-bond donors (Lipinski definition) is 0. The number of nitrogens with zero attached hydrogens (tertiary/aromatic N) is 2. The fourth-order valence-corrected chi connectivity index (χ4v) is 3.36. The monoisotopic (exact) mass is 292 g/mol. The first-order valence-electron chi connectivity index (χ1n) is 6.66. The van der Waals surface area contributed by atoms with Gasteiger partial charge in [0.1, 0.15) is 0 Å². The lowest BCUT2D eigenvalue weighted by Gasteiger charge is -2.10. The zero-order chi connectivity index (χ0) is 14.4. The molecule has 0 bridgehead atoms. The van der Waals surface area contributed by atoms with Gasteiger partial charge in [-0.1, -0.05) is 24.3 Å². The minimum Gasteiger partial charge on any atom is -0.311 e. The van der Waals surface area contributed by atoms with Gasteiger partial charge in [0.15, 0.2) is 0 Å². The molecule has 0 aliphatic rings. The van der Waals surface area contributed by atoms with Crippen LogP contribution in [0, 0.1) is 0 Å². The second-order valence-corrected chi connectivity index (χ2v) is 5.90. The average Bonchev–Trinajstić information content (AvgIpc) is 2.98.